The van der Waals surface area contributed by atoms with Crippen LogP contribution in [0.25, 0.3) is 0 Å². The van der Waals surface area contributed by atoms with Crippen molar-refractivity contribution in [3.05, 3.63) is 76.2 Å². The van der Waals surface area contributed by atoms with Crippen LogP contribution in [0.1, 0.15) is 58.5 Å². The third kappa shape index (κ3) is 5.42. The van der Waals surface area contributed by atoms with Crippen LogP contribution in [0.15, 0.2) is 58.8 Å². The summed E-state index contributed by atoms with van der Waals surface area (Å²) in [5, 5.41) is 12.9. The summed E-state index contributed by atoms with van der Waals surface area (Å²) < 4.78 is 23.7. The van der Waals surface area contributed by atoms with Crippen molar-refractivity contribution < 1.29 is 18.0 Å². The lowest BCUT2D eigenvalue weighted by atomic mass is 10.0. The first-order chi connectivity index (χ1) is 15.1. The van der Waals surface area contributed by atoms with E-state index in [-0.39, 0.29) is 16.4 Å². The second-order valence-corrected chi connectivity index (χ2v) is 10.0. The number of nitrogens with one attached hydrogen (secondary N) is 2. The van der Waals surface area contributed by atoms with Crippen molar-refractivity contribution in [3.8, 4) is 0 Å². The van der Waals surface area contributed by atoms with Crippen LogP contribution in [0.3, 0.4) is 0 Å². The summed E-state index contributed by atoms with van der Waals surface area (Å²) in [6, 6.07) is 13.5. The quantitative estimate of drug-likeness (QED) is 0.467. The molecule has 0 bridgehead atoms. The van der Waals surface area contributed by atoms with E-state index in [9.17, 15) is 18.0 Å². The number of amides is 2. The molecule has 4 N–H and O–H groups in total. The number of carbonyl (C=O) groups is 2. The van der Waals surface area contributed by atoms with Gasteiger partial charge in [0.25, 0.3) is 11.8 Å². The molecule has 2 amide bonds. The minimum atomic E-state index is -3.93. The molecular formula is C23H25N3O4S2. The molecule has 0 fully saturated rings. The van der Waals surface area contributed by atoms with Crippen LogP contribution in [0.2, 0.25) is 0 Å². The molecule has 32 heavy (non-hydrogen) atoms. The molecule has 0 saturated heterocycles. The first-order valence-corrected chi connectivity index (χ1v) is 12.5. The van der Waals surface area contributed by atoms with E-state index < -0.39 is 15.9 Å². The number of aryl methyl sites for hydroxylation is 1. The van der Waals surface area contributed by atoms with E-state index in [1.54, 1.807) is 35.7 Å². The van der Waals surface area contributed by atoms with Crippen LogP contribution in [0.5, 0.6) is 0 Å². The van der Waals surface area contributed by atoms with Gasteiger partial charge in [-0.1, -0.05) is 39.0 Å². The van der Waals surface area contributed by atoms with Gasteiger partial charge in [-0.25, -0.2) is 13.6 Å². The van der Waals surface area contributed by atoms with Gasteiger partial charge in [-0.2, -0.15) is 0 Å². The summed E-state index contributed by atoms with van der Waals surface area (Å²) in [5.74, 6) is -0.428. The molecule has 0 aliphatic carbocycles. The smallest absolute Gasteiger partial charge is 0.258 e. The molecule has 0 saturated carbocycles. The molecule has 7 nitrogen and oxygen atoms in total. The van der Waals surface area contributed by atoms with Gasteiger partial charge in [-0.3, -0.25) is 9.59 Å². The van der Waals surface area contributed by atoms with Crippen LogP contribution in [-0.2, 0) is 16.4 Å². The van der Waals surface area contributed by atoms with Crippen molar-refractivity contribution in [2.45, 2.75) is 38.0 Å². The standard InChI is InChI=1S/C23H25N3O4S2/c1-4-15-9-10-18(13-20(15)32(24,29)30)25-22(28)19-11-12-31-23(19)26-21(27)17-7-5-16(6-8-17)14(2)3/h5-14H,4H2,1-3H3,(H,25,28)(H,26,27)(H2,24,29,30). The molecule has 0 atom stereocenters. The molecule has 0 radical (unpaired) electrons. The predicted molar refractivity (Wildman–Crippen MR) is 128 cm³/mol. The molecule has 0 unspecified atom stereocenters. The summed E-state index contributed by atoms with van der Waals surface area (Å²) in [7, 11) is -3.93. The number of sulfonamides is 1. The fourth-order valence-electron chi connectivity index (χ4n) is 3.17. The Morgan fingerprint density at radius 2 is 1.69 bits per heavy atom. The number of hydrogen-bond acceptors (Lipinski definition) is 5. The maximum Gasteiger partial charge on any atom is 0.258 e. The fraction of sp³-hybridized carbons (Fsp3) is 0.217. The summed E-state index contributed by atoms with van der Waals surface area (Å²) in [6.07, 6.45) is 0.485. The highest BCUT2D eigenvalue weighted by Crippen LogP contribution is 2.26. The van der Waals surface area contributed by atoms with Gasteiger partial charge in [0, 0.05) is 11.3 Å². The van der Waals surface area contributed by atoms with Gasteiger partial charge < -0.3 is 10.6 Å². The Balaban J connectivity index is 1.78. The van der Waals surface area contributed by atoms with Gasteiger partial charge in [0.1, 0.15) is 5.00 Å². The lowest BCUT2D eigenvalue weighted by molar-refractivity contribution is 0.102. The zero-order valence-electron chi connectivity index (χ0n) is 18.0. The highest BCUT2D eigenvalue weighted by molar-refractivity contribution is 7.89. The molecule has 3 rings (SSSR count). The number of anilines is 2. The molecule has 9 heteroatoms. The normalized spacial score (nSPS) is 11.4. The van der Waals surface area contributed by atoms with Gasteiger partial charge in [-0.05, 0) is 59.2 Å². The zero-order chi connectivity index (χ0) is 23.5. The summed E-state index contributed by atoms with van der Waals surface area (Å²) in [6.45, 7) is 5.97. The maximum absolute atomic E-state index is 12.8. The third-order valence-corrected chi connectivity index (χ3v) is 6.81. The van der Waals surface area contributed by atoms with Gasteiger partial charge in [0.15, 0.2) is 0 Å². The third-order valence-electron chi connectivity index (χ3n) is 4.99. The van der Waals surface area contributed by atoms with Gasteiger partial charge >= 0.3 is 0 Å². The molecule has 3 aromatic rings. The number of thiophene rings is 1. The number of benzene rings is 2. The number of hydrogen-bond donors (Lipinski definition) is 3. The lowest BCUT2D eigenvalue weighted by Gasteiger charge is -2.11. The van der Waals surface area contributed by atoms with Crippen molar-refractivity contribution in [2.75, 3.05) is 10.6 Å². The Morgan fingerprint density at radius 1 is 1.00 bits per heavy atom. The second kappa shape index (κ2) is 9.64. The van der Waals surface area contributed by atoms with E-state index in [1.165, 1.54) is 17.4 Å². The van der Waals surface area contributed by atoms with Crippen molar-refractivity contribution in [1.29, 1.82) is 0 Å². The van der Waals surface area contributed by atoms with Crippen LogP contribution >= 0.6 is 11.3 Å². The van der Waals surface area contributed by atoms with Crippen LogP contribution < -0.4 is 15.8 Å². The SMILES string of the molecule is CCc1ccc(NC(=O)c2ccsc2NC(=O)c2ccc(C(C)C)cc2)cc1S(N)(=O)=O. The van der Waals surface area contributed by atoms with Crippen molar-refractivity contribution >= 4 is 43.9 Å². The Hall–Kier alpha value is -3.01. The number of carbonyl (C=O) groups excluding carboxylic acids is 2. The Bertz CT molecular complexity index is 1250. The second-order valence-electron chi connectivity index (χ2n) is 7.57. The van der Waals surface area contributed by atoms with Gasteiger partial charge in [0.05, 0.1) is 10.5 Å². The minimum absolute atomic E-state index is 0.0264. The van der Waals surface area contributed by atoms with Crippen molar-refractivity contribution in [1.82, 2.24) is 0 Å². The molecular weight excluding hydrogens is 446 g/mol. The van der Waals surface area contributed by atoms with Crippen LogP contribution in [-0.4, -0.2) is 20.2 Å². The number of nitrogens with two attached hydrogens (primary N) is 1. The maximum atomic E-state index is 12.8. The number of rotatable bonds is 7. The zero-order valence-corrected chi connectivity index (χ0v) is 19.6. The van der Waals surface area contributed by atoms with E-state index in [1.807, 2.05) is 19.1 Å². The first-order valence-electron chi connectivity index (χ1n) is 10.1. The molecule has 0 aliphatic heterocycles. The summed E-state index contributed by atoms with van der Waals surface area (Å²) >= 11 is 1.22. The molecule has 0 spiro atoms. The molecule has 0 aliphatic rings. The fourth-order valence-corrected chi connectivity index (χ4v) is 4.82. The van der Waals surface area contributed by atoms with E-state index >= 15 is 0 Å². The molecule has 1 heterocycles. The van der Waals surface area contributed by atoms with E-state index in [4.69, 9.17) is 5.14 Å². The highest BCUT2D eigenvalue weighted by Gasteiger charge is 2.18. The topological polar surface area (TPSA) is 118 Å². The molecule has 1 aromatic heterocycles. The van der Waals surface area contributed by atoms with E-state index in [2.05, 4.69) is 24.5 Å². The van der Waals surface area contributed by atoms with Crippen LogP contribution in [0.4, 0.5) is 10.7 Å². The molecule has 2 aromatic carbocycles. The van der Waals surface area contributed by atoms with Gasteiger partial charge in [0.2, 0.25) is 10.0 Å². The van der Waals surface area contributed by atoms with Crippen molar-refractivity contribution in [3.63, 3.8) is 0 Å². The van der Waals surface area contributed by atoms with E-state index in [0.29, 0.717) is 34.2 Å². The Labute approximate surface area is 191 Å². The number of primary sulfonamides is 1. The Morgan fingerprint density at radius 3 is 2.28 bits per heavy atom. The lowest BCUT2D eigenvalue weighted by Crippen LogP contribution is -2.18. The summed E-state index contributed by atoms with van der Waals surface area (Å²) in [4.78, 5) is 25.4. The minimum Gasteiger partial charge on any atom is -0.322 e. The van der Waals surface area contributed by atoms with Crippen molar-refractivity contribution in [2.24, 2.45) is 5.14 Å². The highest BCUT2D eigenvalue weighted by atomic mass is 32.2. The van der Waals surface area contributed by atoms with Crippen LogP contribution in [0, 0.1) is 0 Å². The van der Waals surface area contributed by atoms with Gasteiger partial charge in [-0.15, -0.1) is 11.3 Å². The monoisotopic (exact) mass is 471 g/mol. The van der Waals surface area contributed by atoms with E-state index in [0.717, 1.165) is 5.56 Å². The first kappa shape index (κ1) is 23.6. The average Bonchev–Trinajstić information content (AvgIpc) is 3.21. The Kier molecular flexibility index (Phi) is 7.12. The molecule has 168 valence electrons. The summed E-state index contributed by atoms with van der Waals surface area (Å²) in [5.41, 5.74) is 2.76. The largest absolute Gasteiger partial charge is 0.322 e. The predicted octanol–water partition coefficient (Wildman–Crippen LogP) is 4.59. The average molecular weight is 472 g/mol.